The summed E-state index contributed by atoms with van der Waals surface area (Å²) in [5.74, 6) is 0. The van der Waals surface area contributed by atoms with Crippen molar-refractivity contribution in [1.82, 2.24) is 0 Å². The second kappa shape index (κ2) is 6.17. The third-order valence-corrected chi connectivity index (χ3v) is 1.92. The Balaban J connectivity index is 2.47. The summed E-state index contributed by atoms with van der Waals surface area (Å²) in [5.41, 5.74) is 1.12. The lowest BCUT2D eigenvalue weighted by Crippen LogP contribution is -1.98. The van der Waals surface area contributed by atoms with E-state index in [9.17, 15) is 5.11 Å². The van der Waals surface area contributed by atoms with Gasteiger partial charge in [-0.15, -0.1) is 0 Å². The highest BCUT2D eigenvalue weighted by Gasteiger charge is 1.93. The van der Waals surface area contributed by atoms with Gasteiger partial charge in [0.25, 0.3) is 0 Å². The second-order valence-corrected chi connectivity index (χ2v) is 3.14. The van der Waals surface area contributed by atoms with Crippen LogP contribution in [0.5, 0.6) is 0 Å². The van der Waals surface area contributed by atoms with Crippen LogP contribution in [0.15, 0.2) is 48.6 Å². The van der Waals surface area contributed by atoms with Gasteiger partial charge < -0.3 is 5.11 Å². The fraction of sp³-hybridized carbons (Fsp3) is 0.231. The highest BCUT2D eigenvalue weighted by atomic mass is 16.3. The molecule has 0 unspecified atom stereocenters. The lowest BCUT2D eigenvalue weighted by Gasteiger charge is -1.99. The van der Waals surface area contributed by atoms with Gasteiger partial charge in [-0.25, -0.2) is 0 Å². The predicted octanol–water partition coefficient (Wildman–Crippen LogP) is 3.03. The van der Waals surface area contributed by atoms with Crippen molar-refractivity contribution in [2.45, 2.75) is 19.4 Å². The molecule has 1 nitrogen and oxygen atoms in total. The van der Waals surface area contributed by atoms with E-state index in [1.165, 1.54) is 0 Å². The zero-order chi connectivity index (χ0) is 10.2. The van der Waals surface area contributed by atoms with Gasteiger partial charge in [0.1, 0.15) is 0 Å². The summed E-state index contributed by atoms with van der Waals surface area (Å²) in [4.78, 5) is 0. The van der Waals surface area contributed by atoms with Crippen LogP contribution in [0.4, 0.5) is 0 Å². The van der Waals surface area contributed by atoms with Gasteiger partial charge in [0.05, 0.1) is 6.10 Å². The van der Waals surface area contributed by atoms with Gasteiger partial charge >= 0.3 is 0 Å². The molecule has 0 aromatic heterocycles. The Labute approximate surface area is 85.4 Å². The number of aliphatic hydroxyl groups excluding tert-OH is 1. The van der Waals surface area contributed by atoms with E-state index in [-0.39, 0.29) is 6.10 Å². The number of aliphatic hydroxyl groups is 1. The first kappa shape index (κ1) is 10.7. The SMILES string of the molecule is C/C=C/C[C@H](O)/C=C/c1ccccc1. The molecule has 74 valence electrons. The standard InChI is InChI=1S/C13H16O/c1-2-3-9-13(14)11-10-12-7-5-4-6-8-12/h2-8,10-11,13-14H,9H2,1H3/b3-2+,11-10+/t13-/m0/s1. The molecule has 1 aromatic carbocycles. The van der Waals surface area contributed by atoms with Crippen molar-refractivity contribution in [1.29, 1.82) is 0 Å². The Morgan fingerprint density at radius 1 is 1.29 bits per heavy atom. The van der Waals surface area contributed by atoms with Gasteiger partial charge in [0.2, 0.25) is 0 Å². The predicted molar refractivity (Wildman–Crippen MR) is 60.9 cm³/mol. The maximum Gasteiger partial charge on any atom is 0.0758 e. The maximum atomic E-state index is 9.50. The summed E-state index contributed by atoms with van der Waals surface area (Å²) in [6, 6.07) is 9.97. The van der Waals surface area contributed by atoms with Crippen molar-refractivity contribution in [2.75, 3.05) is 0 Å². The first-order valence-electron chi connectivity index (χ1n) is 4.85. The number of hydrogen-bond donors (Lipinski definition) is 1. The fourth-order valence-corrected chi connectivity index (χ4v) is 1.14. The van der Waals surface area contributed by atoms with Crippen LogP contribution >= 0.6 is 0 Å². The lowest BCUT2D eigenvalue weighted by molar-refractivity contribution is 0.228. The minimum absolute atomic E-state index is 0.383. The average molecular weight is 188 g/mol. The summed E-state index contributed by atoms with van der Waals surface area (Å²) in [6.45, 7) is 1.95. The molecule has 0 aliphatic rings. The molecule has 1 rings (SSSR count). The lowest BCUT2D eigenvalue weighted by atomic mass is 10.1. The third kappa shape index (κ3) is 4.06. The van der Waals surface area contributed by atoms with Crippen LogP contribution in [0.3, 0.4) is 0 Å². The monoisotopic (exact) mass is 188 g/mol. The molecular formula is C13H16O. The largest absolute Gasteiger partial charge is 0.389 e. The Morgan fingerprint density at radius 2 is 2.00 bits per heavy atom. The first-order valence-corrected chi connectivity index (χ1v) is 4.85. The maximum absolute atomic E-state index is 9.50. The topological polar surface area (TPSA) is 20.2 Å². The molecule has 0 bridgehead atoms. The molecule has 1 N–H and O–H groups in total. The van der Waals surface area contributed by atoms with E-state index in [4.69, 9.17) is 0 Å². The van der Waals surface area contributed by atoms with E-state index in [1.807, 2.05) is 61.6 Å². The molecule has 0 saturated heterocycles. The minimum Gasteiger partial charge on any atom is -0.389 e. The molecule has 14 heavy (non-hydrogen) atoms. The second-order valence-electron chi connectivity index (χ2n) is 3.14. The van der Waals surface area contributed by atoms with Crippen LogP contribution in [0, 0.1) is 0 Å². The highest BCUT2D eigenvalue weighted by Crippen LogP contribution is 2.03. The molecule has 0 amide bonds. The summed E-state index contributed by atoms with van der Waals surface area (Å²) < 4.78 is 0. The van der Waals surface area contributed by atoms with E-state index in [1.54, 1.807) is 0 Å². The molecule has 1 heteroatoms. The quantitative estimate of drug-likeness (QED) is 0.720. The van der Waals surface area contributed by atoms with Gasteiger partial charge in [-0.3, -0.25) is 0 Å². The Morgan fingerprint density at radius 3 is 2.64 bits per heavy atom. The smallest absolute Gasteiger partial charge is 0.0758 e. The highest BCUT2D eigenvalue weighted by molar-refractivity contribution is 5.49. The van der Waals surface area contributed by atoms with E-state index in [0.29, 0.717) is 6.42 Å². The molecule has 0 aliphatic carbocycles. The van der Waals surface area contributed by atoms with E-state index in [0.717, 1.165) is 5.56 Å². The summed E-state index contributed by atoms with van der Waals surface area (Å²) >= 11 is 0. The van der Waals surface area contributed by atoms with Gasteiger partial charge in [0, 0.05) is 0 Å². The van der Waals surface area contributed by atoms with E-state index >= 15 is 0 Å². The van der Waals surface area contributed by atoms with Crippen molar-refractivity contribution in [2.24, 2.45) is 0 Å². The summed E-state index contributed by atoms with van der Waals surface area (Å²) in [5, 5.41) is 9.50. The normalized spacial score (nSPS) is 13.9. The van der Waals surface area contributed by atoms with Crippen LogP contribution in [0.2, 0.25) is 0 Å². The number of allylic oxidation sites excluding steroid dienone is 1. The Kier molecular flexibility index (Phi) is 4.73. The van der Waals surface area contributed by atoms with Crippen molar-refractivity contribution < 1.29 is 5.11 Å². The molecule has 0 saturated carbocycles. The van der Waals surface area contributed by atoms with E-state index in [2.05, 4.69) is 0 Å². The fourth-order valence-electron chi connectivity index (χ4n) is 1.14. The van der Waals surface area contributed by atoms with Gasteiger partial charge in [0.15, 0.2) is 0 Å². The van der Waals surface area contributed by atoms with Crippen molar-refractivity contribution in [3.8, 4) is 0 Å². The van der Waals surface area contributed by atoms with Gasteiger partial charge in [-0.05, 0) is 18.9 Å². The van der Waals surface area contributed by atoms with Gasteiger partial charge in [-0.1, -0.05) is 54.6 Å². The Hall–Kier alpha value is -1.34. The van der Waals surface area contributed by atoms with Crippen LogP contribution in [-0.2, 0) is 0 Å². The van der Waals surface area contributed by atoms with Crippen LogP contribution < -0.4 is 0 Å². The molecule has 0 heterocycles. The molecule has 1 atom stereocenters. The zero-order valence-electron chi connectivity index (χ0n) is 8.43. The molecule has 0 aliphatic heterocycles. The first-order chi connectivity index (χ1) is 6.83. The summed E-state index contributed by atoms with van der Waals surface area (Å²) in [6.07, 6.45) is 7.95. The van der Waals surface area contributed by atoms with Crippen molar-refractivity contribution in [3.63, 3.8) is 0 Å². The number of rotatable bonds is 4. The molecule has 1 aromatic rings. The number of hydrogen-bond acceptors (Lipinski definition) is 1. The van der Waals surface area contributed by atoms with Gasteiger partial charge in [-0.2, -0.15) is 0 Å². The van der Waals surface area contributed by atoms with Crippen LogP contribution in [-0.4, -0.2) is 11.2 Å². The summed E-state index contributed by atoms with van der Waals surface area (Å²) in [7, 11) is 0. The van der Waals surface area contributed by atoms with Crippen molar-refractivity contribution in [3.05, 3.63) is 54.1 Å². The molecule has 0 radical (unpaired) electrons. The average Bonchev–Trinajstić information content (AvgIpc) is 2.25. The Bertz CT molecular complexity index is 298. The molecular weight excluding hydrogens is 172 g/mol. The minimum atomic E-state index is -0.383. The van der Waals surface area contributed by atoms with Crippen LogP contribution in [0.25, 0.3) is 6.08 Å². The zero-order valence-corrected chi connectivity index (χ0v) is 8.43. The third-order valence-electron chi connectivity index (χ3n) is 1.92. The number of benzene rings is 1. The van der Waals surface area contributed by atoms with Crippen molar-refractivity contribution >= 4 is 6.08 Å². The molecule has 0 fully saturated rings. The molecule has 0 spiro atoms. The van der Waals surface area contributed by atoms with E-state index < -0.39 is 0 Å². The van der Waals surface area contributed by atoms with Crippen LogP contribution in [0.1, 0.15) is 18.9 Å².